The van der Waals surface area contributed by atoms with E-state index in [1.165, 1.54) is 0 Å². The molecule has 3 aliphatic rings. The van der Waals surface area contributed by atoms with Crippen molar-refractivity contribution in [3.63, 3.8) is 0 Å². The van der Waals surface area contributed by atoms with Crippen LogP contribution in [0.2, 0.25) is 0 Å². The van der Waals surface area contributed by atoms with Gasteiger partial charge in [-0.15, -0.1) is 0 Å². The van der Waals surface area contributed by atoms with E-state index in [0.717, 1.165) is 18.5 Å². The SMILES string of the molecule is O=C(NC1CC1)N1C[C@H]2CN(c3cccnc3)C(=O)[C@H]2C1. The van der Waals surface area contributed by atoms with Crippen LogP contribution in [0.5, 0.6) is 0 Å². The first-order chi connectivity index (χ1) is 10.2. The van der Waals surface area contributed by atoms with Crippen LogP contribution in [-0.4, -0.2) is 47.5 Å². The van der Waals surface area contributed by atoms with E-state index in [4.69, 9.17) is 0 Å². The van der Waals surface area contributed by atoms with Gasteiger partial charge in [-0.05, 0) is 25.0 Å². The summed E-state index contributed by atoms with van der Waals surface area (Å²) < 4.78 is 0. The van der Waals surface area contributed by atoms with E-state index >= 15 is 0 Å². The van der Waals surface area contributed by atoms with Crippen molar-refractivity contribution in [3.8, 4) is 0 Å². The Morgan fingerprint density at radius 3 is 2.81 bits per heavy atom. The second kappa shape index (κ2) is 4.72. The quantitative estimate of drug-likeness (QED) is 0.876. The highest BCUT2D eigenvalue weighted by Gasteiger charge is 2.48. The Balaban J connectivity index is 1.43. The minimum absolute atomic E-state index is 0.00683. The zero-order valence-electron chi connectivity index (χ0n) is 11.7. The van der Waals surface area contributed by atoms with Gasteiger partial charge in [-0.3, -0.25) is 9.78 Å². The number of pyridine rings is 1. The van der Waals surface area contributed by atoms with Gasteiger partial charge in [0.2, 0.25) is 5.91 Å². The third kappa shape index (κ3) is 2.24. The standard InChI is InChI=1S/C15H18N4O2/c20-14-13-9-18(15(21)17-11-3-4-11)7-10(13)8-19(14)12-2-1-5-16-6-12/h1-2,5-6,10-11,13H,3-4,7-9H2,(H,17,21)/t10-,13-/m0/s1. The molecule has 0 spiro atoms. The Labute approximate surface area is 123 Å². The van der Waals surface area contributed by atoms with Gasteiger partial charge < -0.3 is 15.1 Å². The predicted molar refractivity (Wildman–Crippen MR) is 76.7 cm³/mol. The van der Waals surface area contributed by atoms with E-state index < -0.39 is 0 Å². The molecule has 3 amide bonds. The summed E-state index contributed by atoms with van der Waals surface area (Å²) in [5.74, 6) is 0.299. The smallest absolute Gasteiger partial charge is 0.317 e. The van der Waals surface area contributed by atoms with E-state index in [1.807, 2.05) is 12.1 Å². The number of likely N-dealkylation sites (tertiary alicyclic amines) is 1. The molecule has 1 N–H and O–H groups in total. The lowest BCUT2D eigenvalue weighted by molar-refractivity contribution is -0.120. The van der Waals surface area contributed by atoms with Crippen LogP contribution in [0.15, 0.2) is 24.5 Å². The molecule has 6 nitrogen and oxygen atoms in total. The maximum Gasteiger partial charge on any atom is 0.317 e. The minimum Gasteiger partial charge on any atom is -0.335 e. The van der Waals surface area contributed by atoms with Gasteiger partial charge in [0.05, 0.1) is 17.8 Å². The maximum absolute atomic E-state index is 12.5. The molecule has 3 heterocycles. The first-order valence-electron chi connectivity index (χ1n) is 7.49. The van der Waals surface area contributed by atoms with Crippen LogP contribution in [0, 0.1) is 11.8 Å². The zero-order chi connectivity index (χ0) is 14.4. The van der Waals surface area contributed by atoms with E-state index in [2.05, 4.69) is 10.3 Å². The van der Waals surface area contributed by atoms with Gasteiger partial charge in [0, 0.05) is 37.8 Å². The lowest BCUT2D eigenvalue weighted by Gasteiger charge is -2.22. The first kappa shape index (κ1) is 12.6. The number of nitrogens with one attached hydrogen (secondary N) is 1. The van der Waals surface area contributed by atoms with E-state index in [-0.39, 0.29) is 23.8 Å². The number of carbonyl (C=O) groups excluding carboxylic acids is 2. The summed E-state index contributed by atoms with van der Waals surface area (Å²) in [5, 5.41) is 2.99. The molecule has 1 saturated carbocycles. The van der Waals surface area contributed by atoms with E-state index in [0.29, 0.717) is 25.7 Å². The Bertz CT molecular complexity index is 572. The number of aromatic nitrogens is 1. The number of urea groups is 1. The van der Waals surface area contributed by atoms with Crippen molar-refractivity contribution in [3.05, 3.63) is 24.5 Å². The molecule has 1 aliphatic carbocycles. The topological polar surface area (TPSA) is 65.5 Å². The van der Waals surface area contributed by atoms with Crippen molar-refractivity contribution >= 4 is 17.6 Å². The van der Waals surface area contributed by atoms with E-state index in [1.54, 1.807) is 22.2 Å². The second-order valence-corrected chi connectivity index (χ2v) is 6.16. The minimum atomic E-state index is -0.0600. The molecule has 0 aromatic carbocycles. The summed E-state index contributed by atoms with van der Waals surface area (Å²) in [7, 11) is 0. The molecule has 1 aromatic rings. The largest absolute Gasteiger partial charge is 0.335 e. The van der Waals surface area contributed by atoms with Gasteiger partial charge in [0.15, 0.2) is 0 Å². The fourth-order valence-electron chi connectivity index (χ4n) is 3.27. The Kier molecular flexibility index (Phi) is 2.83. The third-order valence-corrected chi connectivity index (χ3v) is 4.59. The third-order valence-electron chi connectivity index (χ3n) is 4.59. The van der Waals surface area contributed by atoms with E-state index in [9.17, 15) is 9.59 Å². The number of amides is 3. The Morgan fingerprint density at radius 2 is 2.14 bits per heavy atom. The molecule has 6 heteroatoms. The maximum atomic E-state index is 12.5. The van der Waals surface area contributed by atoms with Crippen molar-refractivity contribution < 1.29 is 9.59 Å². The summed E-state index contributed by atoms with van der Waals surface area (Å²) in [4.78, 5) is 32.3. The first-order valence-corrected chi connectivity index (χ1v) is 7.49. The highest BCUT2D eigenvalue weighted by Crippen LogP contribution is 2.35. The fourth-order valence-corrected chi connectivity index (χ4v) is 3.27. The number of nitrogens with zero attached hydrogens (tertiary/aromatic N) is 3. The molecule has 2 atom stereocenters. The fraction of sp³-hybridized carbons (Fsp3) is 0.533. The lowest BCUT2D eigenvalue weighted by atomic mass is 10.0. The molecule has 2 aliphatic heterocycles. The molecular formula is C15H18N4O2. The number of hydrogen-bond donors (Lipinski definition) is 1. The molecule has 0 bridgehead atoms. The predicted octanol–water partition coefficient (Wildman–Crippen LogP) is 0.848. The van der Waals surface area contributed by atoms with Crippen LogP contribution in [0.4, 0.5) is 10.5 Å². The van der Waals surface area contributed by atoms with Crippen LogP contribution in [0.25, 0.3) is 0 Å². The number of carbonyl (C=O) groups is 2. The van der Waals surface area contributed by atoms with Crippen molar-refractivity contribution in [2.75, 3.05) is 24.5 Å². The van der Waals surface area contributed by atoms with Gasteiger partial charge in [-0.2, -0.15) is 0 Å². The molecule has 2 saturated heterocycles. The molecule has 3 fully saturated rings. The normalized spacial score (nSPS) is 27.9. The molecule has 0 radical (unpaired) electrons. The van der Waals surface area contributed by atoms with Gasteiger partial charge in [0.25, 0.3) is 0 Å². The van der Waals surface area contributed by atoms with Crippen LogP contribution in [-0.2, 0) is 4.79 Å². The Hall–Kier alpha value is -2.11. The van der Waals surface area contributed by atoms with Gasteiger partial charge in [-0.25, -0.2) is 4.79 Å². The number of hydrogen-bond acceptors (Lipinski definition) is 3. The van der Waals surface area contributed by atoms with Crippen LogP contribution < -0.4 is 10.2 Å². The zero-order valence-corrected chi connectivity index (χ0v) is 11.7. The van der Waals surface area contributed by atoms with Crippen molar-refractivity contribution in [2.24, 2.45) is 11.8 Å². The van der Waals surface area contributed by atoms with Gasteiger partial charge >= 0.3 is 6.03 Å². The molecular weight excluding hydrogens is 268 g/mol. The number of rotatable bonds is 2. The summed E-state index contributed by atoms with van der Waals surface area (Å²) in [6.07, 6.45) is 5.59. The molecule has 0 unspecified atom stereocenters. The molecule has 110 valence electrons. The van der Waals surface area contributed by atoms with Crippen LogP contribution >= 0.6 is 0 Å². The summed E-state index contributed by atoms with van der Waals surface area (Å²) in [5.41, 5.74) is 0.853. The van der Waals surface area contributed by atoms with Gasteiger partial charge in [-0.1, -0.05) is 0 Å². The second-order valence-electron chi connectivity index (χ2n) is 6.16. The van der Waals surface area contributed by atoms with Crippen molar-refractivity contribution in [1.29, 1.82) is 0 Å². The lowest BCUT2D eigenvalue weighted by Crippen LogP contribution is -2.42. The highest BCUT2D eigenvalue weighted by atomic mass is 16.2. The molecule has 1 aromatic heterocycles. The average Bonchev–Trinajstić information content (AvgIpc) is 3.12. The highest BCUT2D eigenvalue weighted by molar-refractivity contribution is 5.98. The number of fused-ring (bicyclic) bond motifs is 1. The number of anilines is 1. The van der Waals surface area contributed by atoms with Crippen LogP contribution in [0.3, 0.4) is 0 Å². The molecule has 21 heavy (non-hydrogen) atoms. The van der Waals surface area contributed by atoms with Crippen molar-refractivity contribution in [2.45, 2.75) is 18.9 Å². The summed E-state index contributed by atoms with van der Waals surface area (Å²) >= 11 is 0. The van der Waals surface area contributed by atoms with Gasteiger partial charge in [0.1, 0.15) is 0 Å². The van der Waals surface area contributed by atoms with Crippen molar-refractivity contribution in [1.82, 2.24) is 15.2 Å². The van der Waals surface area contributed by atoms with Crippen LogP contribution in [0.1, 0.15) is 12.8 Å². The Morgan fingerprint density at radius 1 is 1.29 bits per heavy atom. The molecule has 4 rings (SSSR count). The summed E-state index contributed by atoms with van der Waals surface area (Å²) in [6.45, 7) is 1.90. The monoisotopic (exact) mass is 286 g/mol. The average molecular weight is 286 g/mol. The summed E-state index contributed by atoms with van der Waals surface area (Å²) in [6, 6.07) is 4.10.